The first-order valence-corrected chi connectivity index (χ1v) is 9.96. The number of hydrogen-bond donors (Lipinski definition) is 2. The number of methoxy groups -OCH3 is 1. The molecule has 8 nitrogen and oxygen atoms in total. The largest absolute Gasteiger partial charge is 0.495 e. The Balaban J connectivity index is 1.41. The summed E-state index contributed by atoms with van der Waals surface area (Å²) in [6.07, 6.45) is 2.01. The van der Waals surface area contributed by atoms with Gasteiger partial charge in [0, 0.05) is 12.6 Å². The van der Waals surface area contributed by atoms with Crippen molar-refractivity contribution in [1.29, 1.82) is 0 Å². The van der Waals surface area contributed by atoms with Gasteiger partial charge in [-0.15, -0.1) is 16.4 Å². The average Bonchev–Trinajstić information content (AvgIpc) is 3.27. The van der Waals surface area contributed by atoms with E-state index in [2.05, 4.69) is 15.7 Å². The van der Waals surface area contributed by atoms with Crippen LogP contribution in [0.3, 0.4) is 0 Å². The highest BCUT2D eigenvalue weighted by Gasteiger charge is 2.30. The maximum absolute atomic E-state index is 12.7. The number of ether oxygens (including phenoxy) is 1. The first-order chi connectivity index (χ1) is 13.7. The quantitative estimate of drug-likeness (QED) is 0.639. The van der Waals surface area contributed by atoms with Gasteiger partial charge in [-0.25, -0.2) is 14.3 Å². The molecule has 0 bridgehead atoms. The van der Waals surface area contributed by atoms with Crippen molar-refractivity contribution >= 4 is 23.1 Å². The Bertz CT molecular complexity index is 1020. The maximum Gasteiger partial charge on any atom is 0.346 e. The minimum absolute atomic E-state index is 0.127. The van der Waals surface area contributed by atoms with E-state index in [4.69, 9.17) is 4.74 Å². The fourth-order valence-corrected chi connectivity index (χ4v) is 3.70. The molecule has 146 valence electrons. The fourth-order valence-electron chi connectivity index (χ4n) is 2.99. The Morgan fingerprint density at radius 1 is 1.29 bits per heavy atom. The number of rotatable bonds is 7. The highest BCUT2D eigenvalue weighted by atomic mass is 32.1. The van der Waals surface area contributed by atoms with Crippen LogP contribution in [0.2, 0.25) is 0 Å². The van der Waals surface area contributed by atoms with Crippen molar-refractivity contribution in [2.45, 2.75) is 25.4 Å². The molecule has 28 heavy (non-hydrogen) atoms. The van der Waals surface area contributed by atoms with Crippen LogP contribution in [-0.4, -0.2) is 34.0 Å². The number of para-hydroxylation sites is 2. The standard InChI is InChI=1S/C19H21N5O3S/c1-27-15-6-3-2-5-14(15)21-18(25)20-10-11-23-19(26)24(13-8-9-13)17(22-23)16-7-4-12-28-16/h2-7,12-13H,8-11H2,1H3,(H2,20,21,25). The summed E-state index contributed by atoms with van der Waals surface area (Å²) in [6, 6.07) is 11.0. The van der Waals surface area contributed by atoms with Gasteiger partial charge in [-0.3, -0.25) is 4.57 Å². The molecule has 2 heterocycles. The average molecular weight is 399 g/mol. The molecular formula is C19H21N5O3S. The molecule has 0 aliphatic heterocycles. The molecule has 0 saturated heterocycles. The molecule has 1 saturated carbocycles. The van der Waals surface area contributed by atoms with Gasteiger partial charge in [0.2, 0.25) is 0 Å². The monoisotopic (exact) mass is 399 g/mol. The second-order valence-electron chi connectivity index (χ2n) is 6.49. The first kappa shape index (κ1) is 18.3. The van der Waals surface area contributed by atoms with Gasteiger partial charge < -0.3 is 15.4 Å². The van der Waals surface area contributed by atoms with E-state index in [1.165, 1.54) is 4.68 Å². The van der Waals surface area contributed by atoms with Gasteiger partial charge in [-0.1, -0.05) is 18.2 Å². The van der Waals surface area contributed by atoms with Crippen LogP contribution < -0.4 is 21.1 Å². The molecule has 9 heteroatoms. The van der Waals surface area contributed by atoms with Gasteiger partial charge in [0.25, 0.3) is 0 Å². The molecule has 0 radical (unpaired) electrons. The summed E-state index contributed by atoms with van der Waals surface area (Å²) in [7, 11) is 1.55. The van der Waals surface area contributed by atoms with Gasteiger partial charge >= 0.3 is 11.7 Å². The van der Waals surface area contributed by atoms with Crippen molar-refractivity contribution in [3.05, 3.63) is 52.3 Å². The Hall–Kier alpha value is -3.07. The van der Waals surface area contributed by atoms with Crippen LogP contribution in [0.15, 0.2) is 46.6 Å². The Morgan fingerprint density at radius 2 is 2.11 bits per heavy atom. The highest BCUT2D eigenvalue weighted by Crippen LogP contribution is 2.37. The lowest BCUT2D eigenvalue weighted by Gasteiger charge is -2.10. The van der Waals surface area contributed by atoms with Gasteiger partial charge in [0.05, 0.1) is 24.2 Å². The zero-order valence-corrected chi connectivity index (χ0v) is 16.2. The summed E-state index contributed by atoms with van der Waals surface area (Å²) in [6.45, 7) is 0.586. The van der Waals surface area contributed by atoms with E-state index < -0.39 is 0 Å². The van der Waals surface area contributed by atoms with Crippen LogP contribution in [0.25, 0.3) is 10.7 Å². The number of amides is 2. The molecule has 1 aliphatic carbocycles. The van der Waals surface area contributed by atoms with E-state index in [1.54, 1.807) is 35.1 Å². The lowest BCUT2D eigenvalue weighted by Crippen LogP contribution is -2.34. The second-order valence-corrected chi connectivity index (χ2v) is 7.44. The predicted octanol–water partition coefficient (Wildman–Crippen LogP) is 2.94. The fraction of sp³-hybridized carbons (Fsp3) is 0.316. The smallest absolute Gasteiger partial charge is 0.346 e. The van der Waals surface area contributed by atoms with Crippen molar-refractivity contribution in [3.63, 3.8) is 0 Å². The van der Waals surface area contributed by atoms with E-state index in [-0.39, 0.29) is 24.3 Å². The van der Waals surface area contributed by atoms with Crippen LogP contribution in [0.5, 0.6) is 5.75 Å². The number of nitrogens with one attached hydrogen (secondary N) is 2. The molecule has 0 atom stereocenters. The van der Waals surface area contributed by atoms with Gasteiger partial charge in [-0.2, -0.15) is 0 Å². The van der Waals surface area contributed by atoms with Gasteiger partial charge in [-0.05, 0) is 36.4 Å². The summed E-state index contributed by atoms with van der Waals surface area (Å²) in [5.74, 6) is 1.29. The van der Waals surface area contributed by atoms with Crippen LogP contribution >= 0.6 is 11.3 Å². The Labute approximate surface area is 165 Å². The Morgan fingerprint density at radius 3 is 2.82 bits per heavy atom. The normalized spacial score (nSPS) is 13.3. The minimum atomic E-state index is -0.363. The lowest BCUT2D eigenvalue weighted by atomic mass is 10.3. The van der Waals surface area contributed by atoms with Crippen molar-refractivity contribution in [2.24, 2.45) is 0 Å². The SMILES string of the molecule is COc1ccccc1NC(=O)NCCn1nc(-c2cccs2)n(C2CC2)c1=O. The zero-order chi connectivity index (χ0) is 19.5. The third-order valence-electron chi connectivity index (χ3n) is 4.49. The molecule has 2 aromatic heterocycles. The van der Waals surface area contributed by atoms with Crippen molar-refractivity contribution < 1.29 is 9.53 Å². The number of anilines is 1. The molecule has 0 unspecified atom stereocenters. The van der Waals surface area contributed by atoms with Crippen molar-refractivity contribution in [2.75, 3.05) is 19.0 Å². The molecule has 0 spiro atoms. The lowest BCUT2D eigenvalue weighted by molar-refractivity contribution is 0.251. The van der Waals surface area contributed by atoms with Crippen LogP contribution in [0.1, 0.15) is 18.9 Å². The highest BCUT2D eigenvalue weighted by molar-refractivity contribution is 7.13. The molecule has 2 amide bonds. The van der Waals surface area contributed by atoms with Gasteiger partial charge in [0.15, 0.2) is 5.82 Å². The van der Waals surface area contributed by atoms with Crippen LogP contribution in [0, 0.1) is 0 Å². The molecule has 1 aromatic carbocycles. The van der Waals surface area contributed by atoms with Crippen LogP contribution in [-0.2, 0) is 6.54 Å². The van der Waals surface area contributed by atoms with E-state index in [0.717, 1.165) is 17.7 Å². The summed E-state index contributed by atoms with van der Waals surface area (Å²) in [5, 5.41) is 12.0. The van der Waals surface area contributed by atoms with Crippen molar-refractivity contribution in [3.8, 4) is 16.5 Å². The summed E-state index contributed by atoms with van der Waals surface area (Å²) >= 11 is 1.56. The number of benzene rings is 1. The number of thiophene rings is 1. The molecule has 1 fully saturated rings. The second kappa shape index (κ2) is 7.89. The number of hydrogen-bond acceptors (Lipinski definition) is 5. The minimum Gasteiger partial charge on any atom is -0.495 e. The third kappa shape index (κ3) is 3.79. The molecule has 4 rings (SSSR count). The molecule has 2 N–H and O–H groups in total. The number of carbonyl (C=O) groups is 1. The van der Waals surface area contributed by atoms with Gasteiger partial charge in [0.1, 0.15) is 5.75 Å². The summed E-state index contributed by atoms with van der Waals surface area (Å²) in [5.41, 5.74) is 0.454. The maximum atomic E-state index is 12.7. The number of carbonyl (C=O) groups excluding carboxylic acids is 1. The van der Waals surface area contributed by atoms with Crippen LogP contribution in [0.4, 0.5) is 10.5 Å². The Kier molecular flexibility index (Phi) is 5.16. The number of nitrogens with zero attached hydrogens (tertiary/aromatic N) is 3. The zero-order valence-electron chi connectivity index (χ0n) is 15.4. The summed E-state index contributed by atoms with van der Waals surface area (Å²) < 4.78 is 8.42. The molecular weight excluding hydrogens is 378 g/mol. The summed E-state index contributed by atoms with van der Waals surface area (Å²) in [4.78, 5) is 25.9. The van der Waals surface area contributed by atoms with E-state index in [1.807, 2.05) is 29.6 Å². The topological polar surface area (TPSA) is 90.2 Å². The third-order valence-corrected chi connectivity index (χ3v) is 5.35. The molecule has 3 aromatic rings. The van der Waals surface area contributed by atoms with E-state index >= 15 is 0 Å². The first-order valence-electron chi connectivity index (χ1n) is 9.08. The number of urea groups is 1. The van der Waals surface area contributed by atoms with E-state index in [9.17, 15) is 9.59 Å². The number of aromatic nitrogens is 3. The molecule has 1 aliphatic rings. The predicted molar refractivity (Wildman–Crippen MR) is 108 cm³/mol. The van der Waals surface area contributed by atoms with E-state index in [0.29, 0.717) is 23.8 Å². The van der Waals surface area contributed by atoms with Crippen molar-refractivity contribution in [1.82, 2.24) is 19.7 Å².